The van der Waals surface area contributed by atoms with Crippen molar-refractivity contribution in [2.24, 2.45) is 0 Å². The molecular weight excluding hydrogens is 300 g/mol. The van der Waals surface area contributed by atoms with Crippen molar-refractivity contribution in [2.75, 3.05) is 11.2 Å². The number of anilines is 1. The molecule has 0 spiro atoms. The second-order valence-electron chi connectivity index (χ2n) is 4.70. The average molecular weight is 317 g/mol. The summed E-state index contributed by atoms with van der Waals surface area (Å²) < 4.78 is 0. The highest BCUT2D eigenvalue weighted by atomic mass is 35.5. The van der Waals surface area contributed by atoms with Crippen LogP contribution >= 0.6 is 11.6 Å². The number of halogens is 1. The first-order valence-electron chi connectivity index (χ1n) is 6.97. The zero-order valence-corrected chi connectivity index (χ0v) is 12.8. The van der Waals surface area contributed by atoms with E-state index in [1.807, 2.05) is 30.3 Å². The number of hydrogen-bond donors (Lipinski definition) is 2. The zero-order chi connectivity index (χ0) is 15.8. The van der Waals surface area contributed by atoms with Gasteiger partial charge < -0.3 is 10.6 Å². The fourth-order valence-corrected chi connectivity index (χ4v) is 2.13. The molecule has 0 fully saturated rings. The Balaban J connectivity index is 2.04. The number of nitrogens with one attached hydrogen (secondary N) is 2. The van der Waals surface area contributed by atoms with Crippen LogP contribution in [-0.4, -0.2) is 17.7 Å². The fraction of sp³-hybridized carbons (Fsp3) is 0.176. The Kier molecular flexibility index (Phi) is 5.98. The summed E-state index contributed by atoms with van der Waals surface area (Å²) in [5, 5.41) is 5.55. The van der Waals surface area contributed by atoms with E-state index in [4.69, 9.17) is 11.6 Å². The number of benzene rings is 2. The molecule has 0 unspecified atom stereocenters. The van der Waals surface area contributed by atoms with Crippen LogP contribution in [0.2, 0.25) is 0 Å². The van der Waals surface area contributed by atoms with Crippen LogP contribution in [-0.2, 0) is 11.3 Å². The topological polar surface area (TPSA) is 58.2 Å². The first-order chi connectivity index (χ1) is 10.7. The van der Waals surface area contributed by atoms with Crippen molar-refractivity contribution in [2.45, 2.75) is 13.0 Å². The molecule has 2 amide bonds. The summed E-state index contributed by atoms with van der Waals surface area (Å²) in [6, 6.07) is 16.5. The summed E-state index contributed by atoms with van der Waals surface area (Å²) in [4.78, 5) is 23.9. The number of carbonyl (C=O) groups is 2. The molecule has 2 N–H and O–H groups in total. The van der Waals surface area contributed by atoms with Gasteiger partial charge in [0.1, 0.15) is 0 Å². The maximum atomic E-state index is 12.3. The minimum atomic E-state index is -0.231. The van der Waals surface area contributed by atoms with Crippen LogP contribution in [0, 0.1) is 0 Å². The van der Waals surface area contributed by atoms with Gasteiger partial charge in [-0.3, -0.25) is 9.59 Å². The molecule has 0 saturated carbocycles. The van der Waals surface area contributed by atoms with Crippen LogP contribution in [0.15, 0.2) is 54.6 Å². The van der Waals surface area contributed by atoms with E-state index < -0.39 is 0 Å². The molecule has 0 aliphatic carbocycles. The highest BCUT2D eigenvalue weighted by Gasteiger charge is 2.12. The third kappa shape index (κ3) is 4.60. The van der Waals surface area contributed by atoms with Gasteiger partial charge in [0.05, 0.1) is 11.3 Å². The molecular formula is C17H17ClN2O2. The van der Waals surface area contributed by atoms with Crippen molar-refractivity contribution < 1.29 is 9.59 Å². The van der Waals surface area contributed by atoms with Crippen LogP contribution < -0.4 is 10.6 Å². The molecule has 0 saturated heterocycles. The van der Waals surface area contributed by atoms with Gasteiger partial charge in [0.15, 0.2) is 0 Å². The minimum absolute atomic E-state index is 0.210. The molecule has 4 nitrogen and oxygen atoms in total. The van der Waals surface area contributed by atoms with Crippen LogP contribution in [0.25, 0.3) is 0 Å². The number of para-hydroxylation sites is 1. The SMILES string of the molecule is O=C(CCCl)Nc1ccccc1C(=O)NCc1ccccc1. The maximum absolute atomic E-state index is 12.3. The Labute approximate surface area is 134 Å². The molecule has 114 valence electrons. The third-order valence-corrected chi connectivity index (χ3v) is 3.25. The van der Waals surface area contributed by atoms with Crippen molar-refractivity contribution in [3.05, 3.63) is 65.7 Å². The van der Waals surface area contributed by atoms with Gasteiger partial charge in [0.25, 0.3) is 5.91 Å². The van der Waals surface area contributed by atoms with Gasteiger partial charge >= 0.3 is 0 Å². The summed E-state index contributed by atoms with van der Waals surface area (Å²) in [5.74, 6) is -0.197. The standard InChI is InChI=1S/C17H17ClN2O2/c18-11-10-16(21)20-15-9-5-4-8-14(15)17(22)19-12-13-6-2-1-3-7-13/h1-9H,10-12H2,(H,19,22)(H,20,21). The molecule has 5 heteroatoms. The van der Waals surface area contributed by atoms with Crippen molar-refractivity contribution in [1.82, 2.24) is 5.32 Å². The summed E-state index contributed by atoms with van der Waals surface area (Å²) in [7, 11) is 0. The second-order valence-corrected chi connectivity index (χ2v) is 5.08. The molecule has 0 aliphatic heterocycles. The second kappa shape index (κ2) is 8.20. The Morgan fingerprint density at radius 2 is 1.64 bits per heavy atom. The van der Waals surface area contributed by atoms with Crippen LogP contribution in [0.3, 0.4) is 0 Å². The molecule has 2 aromatic carbocycles. The van der Waals surface area contributed by atoms with E-state index in [9.17, 15) is 9.59 Å². The molecule has 0 heterocycles. The van der Waals surface area contributed by atoms with E-state index in [0.717, 1.165) is 5.56 Å². The van der Waals surface area contributed by atoms with E-state index >= 15 is 0 Å². The predicted molar refractivity (Wildman–Crippen MR) is 88.0 cm³/mol. The lowest BCUT2D eigenvalue weighted by Crippen LogP contribution is -2.24. The Morgan fingerprint density at radius 1 is 0.955 bits per heavy atom. The smallest absolute Gasteiger partial charge is 0.253 e. The normalized spacial score (nSPS) is 10.0. The van der Waals surface area contributed by atoms with Gasteiger partial charge in [0.2, 0.25) is 5.91 Å². The van der Waals surface area contributed by atoms with Crippen molar-refractivity contribution in [3.8, 4) is 0 Å². The highest BCUT2D eigenvalue weighted by molar-refractivity contribution is 6.19. The van der Waals surface area contributed by atoms with Crippen LogP contribution in [0.4, 0.5) is 5.69 Å². The van der Waals surface area contributed by atoms with E-state index in [0.29, 0.717) is 17.8 Å². The van der Waals surface area contributed by atoms with E-state index in [1.165, 1.54) is 0 Å². The predicted octanol–water partition coefficient (Wildman–Crippen LogP) is 3.18. The number of hydrogen-bond acceptors (Lipinski definition) is 2. The molecule has 0 aromatic heterocycles. The number of amides is 2. The largest absolute Gasteiger partial charge is 0.348 e. The third-order valence-electron chi connectivity index (χ3n) is 3.06. The Hall–Kier alpha value is -2.33. The first kappa shape index (κ1) is 16.0. The van der Waals surface area contributed by atoms with Crippen molar-refractivity contribution >= 4 is 29.1 Å². The molecule has 2 rings (SSSR count). The Bertz CT molecular complexity index is 644. The lowest BCUT2D eigenvalue weighted by Gasteiger charge is -2.11. The van der Waals surface area contributed by atoms with Crippen molar-refractivity contribution in [3.63, 3.8) is 0 Å². The van der Waals surface area contributed by atoms with Gasteiger partial charge in [-0.15, -0.1) is 11.6 Å². The molecule has 0 aliphatic rings. The average Bonchev–Trinajstić information content (AvgIpc) is 2.54. The van der Waals surface area contributed by atoms with E-state index in [2.05, 4.69) is 10.6 Å². The van der Waals surface area contributed by atoms with Gasteiger partial charge in [-0.05, 0) is 17.7 Å². The van der Waals surface area contributed by atoms with Crippen LogP contribution in [0.1, 0.15) is 22.3 Å². The molecule has 0 radical (unpaired) electrons. The van der Waals surface area contributed by atoms with Gasteiger partial charge in [0, 0.05) is 18.8 Å². The lowest BCUT2D eigenvalue weighted by atomic mass is 10.1. The highest BCUT2D eigenvalue weighted by Crippen LogP contribution is 2.15. The van der Waals surface area contributed by atoms with E-state index in [-0.39, 0.29) is 24.1 Å². The zero-order valence-electron chi connectivity index (χ0n) is 12.0. The molecule has 0 atom stereocenters. The summed E-state index contributed by atoms with van der Waals surface area (Å²) in [6.45, 7) is 0.434. The number of rotatable bonds is 6. The maximum Gasteiger partial charge on any atom is 0.253 e. The van der Waals surface area contributed by atoms with Gasteiger partial charge in [-0.25, -0.2) is 0 Å². The quantitative estimate of drug-likeness (QED) is 0.804. The number of alkyl halides is 1. The van der Waals surface area contributed by atoms with Crippen LogP contribution in [0.5, 0.6) is 0 Å². The summed E-state index contributed by atoms with van der Waals surface area (Å²) >= 11 is 5.54. The lowest BCUT2D eigenvalue weighted by molar-refractivity contribution is -0.115. The molecule has 2 aromatic rings. The number of carbonyl (C=O) groups excluding carboxylic acids is 2. The first-order valence-corrected chi connectivity index (χ1v) is 7.51. The Morgan fingerprint density at radius 3 is 2.36 bits per heavy atom. The summed E-state index contributed by atoms with van der Waals surface area (Å²) in [5.41, 5.74) is 1.93. The monoisotopic (exact) mass is 316 g/mol. The van der Waals surface area contributed by atoms with Gasteiger partial charge in [-0.1, -0.05) is 42.5 Å². The summed E-state index contributed by atoms with van der Waals surface area (Å²) in [6.07, 6.45) is 0.210. The fourth-order valence-electron chi connectivity index (χ4n) is 1.96. The van der Waals surface area contributed by atoms with Crippen molar-refractivity contribution in [1.29, 1.82) is 0 Å². The minimum Gasteiger partial charge on any atom is -0.348 e. The molecule has 0 bridgehead atoms. The molecule has 22 heavy (non-hydrogen) atoms. The van der Waals surface area contributed by atoms with E-state index in [1.54, 1.807) is 24.3 Å². The van der Waals surface area contributed by atoms with Gasteiger partial charge in [-0.2, -0.15) is 0 Å².